The predicted octanol–water partition coefficient (Wildman–Crippen LogP) is 2.46. The van der Waals surface area contributed by atoms with Gasteiger partial charge in [-0.1, -0.05) is 30.3 Å². The van der Waals surface area contributed by atoms with Gasteiger partial charge in [0.15, 0.2) is 6.17 Å². The molecule has 0 N–H and O–H groups in total. The van der Waals surface area contributed by atoms with E-state index < -0.39 is 11.4 Å². The van der Waals surface area contributed by atoms with Gasteiger partial charge in [0.2, 0.25) is 0 Å². The van der Waals surface area contributed by atoms with Gasteiger partial charge in [-0.3, -0.25) is 4.79 Å². The fraction of sp³-hybridized carbons (Fsp3) is 0.125. The molecule has 11 heavy (non-hydrogen) atoms. The van der Waals surface area contributed by atoms with Crippen LogP contribution in [0.3, 0.4) is 0 Å². The number of carbonyl (C=O) groups is 1. The summed E-state index contributed by atoms with van der Waals surface area (Å²) >= 11 is 4.95. The minimum absolute atomic E-state index is 0.299. The van der Waals surface area contributed by atoms with E-state index in [2.05, 4.69) is 0 Å². The molecule has 0 bridgehead atoms. The number of hydrogen-bond acceptors (Lipinski definition) is 1. The first-order chi connectivity index (χ1) is 5.22. The van der Waals surface area contributed by atoms with Crippen LogP contribution in [0.4, 0.5) is 4.39 Å². The predicted molar refractivity (Wildman–Crippen MR) is 41.2 cm³/mol. The Balaban J connectivity index is 2.85. The van der Waals surface area contributed by atoms with Crippen LogP contribution in [-0.2, 0) is 4.79 Å². The van der Waals surface area contributed by atoms with Crippen molar-refractivity contribution in [1.29, 1.82) is 0 Å². The van der Waals surface area contributed by atoms with Crippen LogP contribution in [0.1, 0.15) is 11.7 Å². The maximum Gasteiger partial charge on any atom is 0.260 e. The summed E-state index contributed by atoms with van der Waals surface area (Å²) in [5.74, 6) is 0. The van der Waals surface area contributed by atoms with Crippen molar-refractivity contribution in [2.24, 2.45) is 0 Å². The van der Waals surface area contributed by atoms with Gasteiger partial charge in [-0.05, 0) is 17.2 Å². The SMILES string of the molecule is O=C(Cl)C(F)c1ccccc1. The Hall–Kier alpha value is -0.890. The van der Waals surface area contributed by atoms with Crippen LogP contribution < -0.4 is 0 Å². The fourth-order valence-corrected chi connectivity index (χ4v) is 0.879. The van der Waals surface area contributed by atoms with Gasteiger partial charge >= 0.3 is 0 Å². The first kappa shape index (κ1) is 8.21. The van der Waals surface area contributed by atoms with Gasteiger partial charge in [-0.2, -0.15) is 0 Å². The van der Waals surface area contributed by atoms with Gasteiger partial charge in [0.05, 0.1) is 0 Å². The second-order valence-corrected chi connectivity index (χ2v) is 2.45. The summed E-state index contributed by atoms with van der Waals surface area (Å²) in [6.45, 7) is 0. The lowest BCUT2D eigenvalue weighted by atomic mass is 10.1. The molecule has 0 aliphatic rings. The number of halogens is 2. The van der Waals surface area contributed by atoms with Crippen molar-refractivity contribution < 1.29 is 9.18 Å². The first-order valence-electron chi connectivity index (χ1n) is 3.10. The van der Waals surface area contributed by atoms with Crippen LogP contribution >= 0.6 is 11.6 Å². The topological polar surface area (TPSA) is 17.1 Å². The van der Waals surface area contributed by atoms with Crippen LogP contribution in [0.15, 0.2) is 30.3 Å². The zero-order valence-corrected chi connectivity index (χ0v) is 6.38. The molecule has 0 aliphatic carbocycles. The van der Waals surface area contributed by atoms with Gasteiger partial charge in [-0.25, -0.2) is 4.39 Å². The van der Waals surface area contributed by atoms with Crippen molar-refractivity contribution in [1.82, 2.24) is 0 Å². The van der Waals surface area contributed by atoms with Gasteiger partial charge in [-0.15, -0.1) is 0 Å². The largest absolute Gasteiger partial charge is 0.278 e. The molecule has 1 nitrogen and oxygen atoms in total. The summed E-state index contributed by atoms with van der Waals surface area (Å²) in [6, 6.07) is 8.09. The zero-order valence-electron chi connectivity index (χ0n) is 5.63. The van der Waals surface area contributed by atoms with E-state index in [0.29, 0.717) is 5.56 Å². The minimum Gasteiger partial charge on any atom is -0.278 e. The molecule has 0 aliphatic heterocycles. The lowest BCUT2D eigenvalue weighted by Gasteiger charge is -2.00. The minimum atomic E-state index is -1.70. The lowest BCUT2D eigenvalue weighted by Crippen LogP contribution is -1.98. The standard InChI is InChI=1S/C8H6ClFO/c9-8(11)7(10)6-4-2-1-3-5-6/h1-5,7H. The third-order valence-corrected chi connectivity index (χ3v) is 1.48. The fourth-order valence-electron chi connectivity index (χ4n) is 0.753. The highest BCUT2D eigenvalue weighted by molar-refractivity contribution is 6.64. The molecule has 0 saturated heterocycles. The molecule has 0 spiro atoms. The van der Waals surface area contributed by atoms with E-state index in [1.54, 1.807) is 18.2 Å². The molecule has 0 aromatic heterocycles. The molecule has 1 unspecified atom stereocenters. The van der Waals surface area contributed by atoms with Crippen molar-refractivity contribution in [2.75, 3.05) is 0 Å². The van der Waals surface area contributed by atoms with Crippen molar-refractivity contribution >= 4 is 16.8 Å². The molecule has 1 aromatic rings. The van der Waals surface area contributed by atoms with E-state index in [4.69, 9.17) is 11.6 Å². The molecule has 58 valence electrons. The van der Waals surface area contributed by atoms with E-state index in [9.17, 15) is 9.18 Å². The summed E-state index contributed by atoms with van der Waals surface area (Å²) in [5, 5.41) is -0.976. The van der Waals surface area contributed by atoms with E-state index in [1.165, 1.54) is 12.1 Å². The van der Waals surface area contributed by atoms with Crippen molar-refractivity contribution in [3.63, 3.8) is 0 Å². The summed E-state index contributed by atoms with van der Waals surface area (Å²) in [7, 11) is 0. The molecule has 1 aromatic carbocycles. The Morgan fingerprint density at radius 1 is 1.36 bits per heavy atom. The molecular formula is C8H6ClFO. The lowest BCUT2D eigenvalue weighted by molar-refractivity contribution is -0.116. The number of hydrogen-bond donors (Lipinski definition) is 0. The van der Waals surface area contributed by atoms with E-state index in [1.807, 2.05) is 0 Å². The van der Waals surface area contributed by atoms with Crippen LogP contribution in [0, 0.1) is 0 Å². The monoisotopic (exact) mass is 172 g/mol. The zero-order chi connectivity index (χ0) is 8.27. The molecule has 0 radical (unpaired) electrons. The molecule has 0 heterocycles. The Morgan fingerprint density at radius 3 is 2.36 bits per heavy atom. The average Bonchev–Trinajstić information content (AvgIpc) is 2.05. The highest BCUT2D eigenvalue weighted by Crippen LogP contribution is 2.18. The molecular weight excluding hydrogens is 167 g/mol. The van der Waals surface area contributed by atoms with Gasteiger partial charge in [0.1, 0.15) is 0 Å². The second kappa shape index (κ2) is 3.49. The van der Waals surface area contributed by atoms with Crippen LogP contribution in [0.5, 0.6) is 0 Å². The smallest absolute Gasteiger partial charge is 0.260 e. The number of benzene rings is 1. The summed E-state index contributed by atoms with van der Waals surface area (Å²) in [5.41, 5.74) is 0.299. The molecule has 1 atom stereocenters. The Morgan fingerprint density at radius 2 is 1.91 bits per heavy atom. The van der Waals surface area contributed by atoms with Crippen LogP contribution in [0.2, 0.25) is 0 Å². The highest BCUT2D eigenvalue weighted by Gasteiger charge is 2.15. The maximum atomic E-state index is 12.8. The van der Waals surface area contributed by atoms with Crippen LogP contribution in [0.25, 0.3) is 0 Å². The summed E-state index contributed by atoms with van der Waals surface area (Å²) in [4.78, 5) is 10.3. The number of carbonyl (C=O) groups excluding carboxylic acids is 1. The third-order valence-electron chi connectivity index (χ3n) is 1.29. The molecule has 0 amide bonds. The van der Waals surface area contributed by atoms with E-state index in [-0.39, 0.29) is 0 Å². The Bertz CT molecular complexity index is 248. The summed E-state index contributed by atoms with van der Waals surface area (Å²) < 4.78 is 12.8. The Labute approximate surface area is 68.8 Å². The second-order valence-electron chi connectivity index (χ2n) is 2.08. The average molecular weight is 173 g/mol. The molecule has 3 heteroatoms. The van der Waals surface area contributed by atoms with Gasteiger partial charge in [0.25, 0.3) is 5.24 Å². The third kappa shape index (κ3) is 2.02. The number of rotatable bonds is 2. The van der Waals surface area contributed by atoms with Crippen molar-refractivity contribution in [2.45, 2.75) is 6.17 Å². The molecule has 0 saturated carbocycles. The van der Waals surface area contributed by atoms with Crippen LogP contribution in [-0.4, -0.2) is 5.24 Å². The first-order valence-corrected chi connectivity index (χ1v) is 3.48. The number of alkyl halides is 1. The van der Waals surface area contributed by atoms with Gasteiger partial charge in [0, 0.05) is 0 Å². The normalized spacial score (nSPS) is 12.5. The quantitative estimate of drug-likeness (QED) is 0.627. The van der Waals surface area contributed by atoms with Crippen molar-refractivity contribution in [3.8, 4) is 0 Å². The molecule has 0 fully saturated rings. The van der Waals surface area contributed by atoms with Gasteiger partial charge < -0.3 is 0 Å². The molecule has 1 rings (SSSR count). The van der Waals surface area contributed by atoms with E-state index in [0.717, 1.165) is 0 Å². The maximum absolute atomic E-state index is 12.8. The Kier molecular flexibility index (Phi) is 2.60. The van der Waals surface area contributed by atoms with Crippen molar-refractivity contribution in [3.05, 3.63) is 35.9 Å². The van der Waals surface area contributed by atoms with E-state index >= 15 is 0 Å². The summed E-state index contributed by atoms with van der Waals surface area (Å²) in [6.07, 6.45) is -1.70. The highest BCUT2D eigenvalue weighted by atomic mass is 35.5.